The van der Waals surface area contributed by atoms with E-state index in [1.54, 1.807) is 13.0 Å². The molecule has 2 aliphatic carbocycles. The van der Waals surface area contributed by atoms with Gasteiger partial charge in [-0.25, -0.2) is 12.8 Å². The Hall–Kier alpha value is -2.70. The van der Waals surface area contributed by atoms with Crippen LogP contribution in [0.1, 0.15) is 62.6 Å². The summed E-state index contributed by atoms with van der Waals surface area (Å²) in [5.74, 6) is 1.05. The minimum atomic E-state index is -3.74. The van der Waals surface area contributed by atoms with Crippen molar-refractivity contribution in [2.75, 3.05) is 57.5 Å². The van der Waals surface area contributed by atoms with Crippen molar-refractivity contribution in [1.82, 2.24) is 9.62 Å². The number of allylic oxidation sites excluding steroid dienone is 1. The molecule has 2 aromatic carbocycles. The number of benzene rings is 2. The van der Waals surface area contributed by atoms with Gasteiger partial charge in [0, 0.05) is 32.7 Å². The number of nitrogens with zero attached hydrogens (tertiary/aromatic N) is 2. The number of hydrogen-bond acceptors (Lipinski definition) is 8. The number of carbonyl (C=O) groups is 1. The monoisotopic (exact) mass is 745 g/mol. The van der Waals surface area contributed by atoms with E-state index in [0.717, 1.165) is 94.1 Å². The lowest BCUT2D eigenvalue weighted by molar-refractivity contribution is -0.108. The van der Waals surface area contributed by atoms with E-state index in [0.29, 0.717) is 37.7 Å². The SMILES string of the molecule is Cc1ccc2c(c1)N(C[C@@H]1CC[C@H]1[C@@H](OCCN1CCOCC1)C1=C[C@H]([C@H](C)[C@@H](C)S(=O)(=O)NC=O)C1)Cc1ccc(Cl)c(F)c1CCCCO2. The first kappa shape index (κ1) is 38.0. The van der Waals surface area contributed by atoms with Gasteiger partial charge in [0.25, 0.3) is 0 Å². The maximum atomic E-state index is 15.5. The predicted molar refractivity (Wildman–Crippen MR) is 198 cm³/mol. The number of nitrogens with one attached hydrogen (secondary N) is 1. The topological polar surface area (TPSA) is 97.4 Å². The number of ether oxygens (including phenoxy) is 3. The summed E-state index contributed by atoms with van der Waals surface area (Å²) < 4.78 is 61.4. The van der Waals surface area contributed by atoms with Crippen molar-refractivity contribution in [3.8, 4) is 5.75 Å². The summed E-state index contributed by atoms with van der Waals surface area (Å²) in [6, 6.07) is 9.97. The Balaban J connectivity index is 1.25. The summed E-state index contributed by atoms with van der Waals surface area (Å²) >= 11 is 6.29. The van der Waals surface area contributed by atoms with Gasteiger partial charge in [-0.15, -0.1) is 0 Å². The highest BCUT2D eigenvalue weighted by Crippen LogP contribution is 2.47. The van der Waals surface area contributed by atoms with E-state index in [1.165, 1.54) is 5.57 Å². The van der Waals surface area contributed by atoms with E-state index in [9.17, 15) is 13.2 Å². The Morgan fingerprint density at radius 2 is 1.90 bits per heavy atom. The van der Waals surface area contributed by atoms with Crippen molar-refractivity contribution in [3.63, 3.8) is 0 Å². The molecule has 4 aliphatic rings. The van der Waals surface area contributed by atoms with E-state index in [2.05, 4.69) is 41.0 Å². The molecule has 2 fully saturated rings. The van der Waals surface area contributed by atoms with Crippen LogP contribution in [0.15, 0.2) is 42.0 Å². The average Bonchev–Trinajstić information content (AvgIpc) is 3.11. The molecule has 0 spiro atoms. The second-order valence-corrected chi connectivity index (χ2v) is 17.3. The molecule has 9 nitrogen and oxygen atoms in total. The van der Waals surface area contributed by atoms with Crippen LogP contribution in [0.4, 0.5) is 10.1 Å². The van der Waals surface area contributed by atoms with Gasteiger partial charge in [0.2, 0.25) is 16.4 Å². The van der Waals surface area contributed by atoms with Gasteiger partial charge in [0.05, 0.1) is 48.5 Å². The van der Waals surface area contributed by atoms with Gasteiger partial charge in [-0.05, 0) is 117 Å². The Morgan fingerprint density at radius 3 is 2.63 bits per heavy atom. The number of halogens is 2. The molecule has 0 radical (unpaired) electrons. The van der Waals surface area contributed by atoms with Crippen molar-refractivity contribution in [1.29, 1.82) is 0 Å². The molecule has 6 rings (SSSR count). The van der Waals surface area contributed by atoms with Crippen molar-refractivity contribution in [2.24, 2.45) is 23.7 Å². The third kappa shape index (κ3) is 8.92. The van der Waals surface area contributed by atoms with Gasteiger partial charge in [-0.1, -0.05) is 36.7 Å². The molecule has 1 saturated carbocycles. The zero-order chi connectivity index (χ0) is 36.1. The molecule has 1 amide bonds. The molecular weight excluding hydrogens is 693 g/mol. The highest BCUT2D eigenvalue weighted by atomic mass is 35.5. The number of aryl methyl sites for hydroxylation is 1. The van der Waals surface area contributed by atoms with Crippen LogP contribution in [0, 0.1) is 36.4 Å². The molecule has 1 saturated heterocycles. The van der Waals surface area contributed by atoms with Crippen LogP contribution in [0.25, 0.3) is 0 Å². The quantitative estimate of drug-likeness (QED) is 0.189. The summed E-state index contributed by atoms with van der Waals surface area (Å²) in [7, 11) is -3.74. The van der Waals surface area contributed by atoms with Gasteiger partial charge in [0.1, 0.15) is 11.6 Å². The number of amides is 1. The second-order valence-electron chi connectivity index (χ2n) is 14.9. The summed E-state index contributed by atoms with van der Waals surface area (Å²) in [6.07, 6.45) is 7.47. The van der Waals surface area contributed by atoms with Gasteiger partial charge >= 0.3 is 0 Å². The van der Waals surface area contributed by atoms with Crippen LogP contribution < -0.4 is 14.4 Å². The first-order chi connectivity index (χ1) is 24.6. The van der Waals surface area contributed by atoms with Crippen LogP contribution in [-0.4, -0.2) is 83.7 Å². The molecule has 0 aromatic heterocycles. The summed E-state index contributed by atoms with van der Waals surface area (Å²) in [4.78, 5) is 15.7. The zero-order valence-electron chi connectivity index (χ0n) is 30.1. The third-order valence-electron chi connectivity index (χ3n) is 11.7. The van der Waals surface area contributed by atoms with E-state index < -0.39 is 15.3 Å². The lowest BCUT2D eigenvalue weighted by Gasteiger charge is -2.48. The van der Waals surface area contributed by atoms with E-state index in [-0.39, 0.29) is 41.1 Å². The maximum Gasteiger partial charge on any atom is 0.237 e. The maximum absolute atomic E-state index is 15.5. The van der Waals surface area contributed by atoms with Crippen molar-refractivity contribution < 1.29 is 31.8 Å². The molecule has 1 N–H and O–H groups in total. The summed E-state index contributed by atoms with van der Waals surface area (Å²) in [6.45, 7) is 12.3. The smallest absolute Gasteiger partial charge is 0.237 e. The Morgan fingerprint density at radius 1 is 1.12 bits per heavy atom. The van der Waals surface area contributed by atoms with Crippen LogP contribution in [-0.2, 0) is 37.3 Å². The van der Waals surface area contributed by atoms with E-state index in [4.69, 9.17) is 25.8 Å². The van der Waals surface area contributed by atoms with Crippen LogP contribution >= 0.6 is 11.6 Å². The van der Waals surface area contributed by atoms with Gasteiger partial charge in [0.15, 0.2) is 0 Å². The molecule has 12 heteroatoms. The number of hydrogen-bond donors (Lipinski definition) is 1. The summed E-state index contributed by atoms with van der Waals surface area (Å²) in [5.41, 5.74) is 5.03. The molecule has 0 bridgehead atoms. The standard InChI is InChI=1S/C39H53ClFN3O6S/c1-26-7-12-37-36(20-26)44(23-29-9-11-35(40)38(41)33(29)6-4-5-16-49-37)24-30-8-10-34(30)39(50-19-15-43-13-17-48-18-14-43)32-21-31(22-32)27(2)28(3)51(46,47)42-25-45/h7,9,11-12,20-21,25,27-28,30-31,34,39H,4-6,8,10,13-19,22-24H2,1-3H3,(H,42,45)/t27-,28-,30+,31+,34-,39+/m1/s1. The fourth-order valence-corrected chi connectivity index (χ4v) is 9.39. The van der Waals surface area contributed by atoms with Crippen LogP contribution in [0.5, 0.6) is 5.75 Å². The second kappa shape index (κ2) is 17.0. The highest BCUT2D eigenvalue weighted by molar-refractivity contribution is 7.90. The molecular formula is C39H53ClFN3O6S. The van der Waals surface area contributed by atoms with Crippen molar-refractivity contribution >= 4 is 33.7 Å². The molecule has 2 aromatic rings. The Labute approximate surface area is 307 Å². The van der Waals surface area contributed by atoms with Gasteiger partial charge in [-0.2, -0.15) is 0 Å². The minimum Gasteiger partial charge on any atom is -0.491 e. The lowest BCUT2D eigenvalue weighted by atomic mass is 9.64. The fourth-order valence-electron chi connectivity index (χ4n) is 8.10. The highest BCUT2D eigenvalue weighted by Gasteiger charge is 2.44. The first-order valence-electron chi connectivity index (χ1n) is 18.6. The molecule has 2 aliphatic heterocycles. The Kier molecular flexibility index (Phi) is 12.7. The number of sulfonamides is 1. The first-order valence-corrected chi connectivity index (χ1v) is 20.5. The van der Waals surface area contributed by atoms with Gasteiger partial charge < -0.3 is 19.1 Å². The number of rotatable bonds is 13. The van der Waals surface area contributed by atoms with Crippen molar-refractivity contribution in [2.45, 2.75) is 77.2 Å². The van der Waals surface area contributed by atoms with E-state index in [1.807, 2.05) is 17.7 Å². The number of morpholine rings is 1. The predicted octanol–water partition coefficient (Wildman–Crippen LogP) is 6.30. The van der Waals surface area contributed by atoms with Crippen LogP contribution in [0.3, 0.4) is 0 Å². The lowest BCUT2D eigenvalue weighted by Crippen LogP contribution is -2.47. The minimum absolute atomic E-state index is 0.0750. The average molecular weight is 746 g/mol. The third-order valence-corrected chi connectivity index (χ3v) is 13.8. The molecule has 51 heavy (non-hydrogen) atoms. The molecule has 2 heterocycles. The summed E-state index contributed by atoms with van der Waals surface area (Å²) in [5, 5.41) is -0.548. The molecule has 0 unspecified atom stereocenters. The van der Waals surface area contributed by atoms with Gasteiger partial charge in [-0.3, -0.25) is 14.4 Å². The largest absolute Gasteiger partial charge is 0.491 e. The van der Waals surface area contributed by atoms with E-state index >= 15 is 4.39 Å². The fraction of sp³-hybridized carbons (Fsp3) is 0.615. The number of carbonyl (C=O) groups excluding carboxylic acids is 1. The molecule has 6 atom stereocenters. The zero-order valence-corrected chi connectivity index (χ0v) is 31.7. The van der Waals surface area contributed by atoms with Crippen molar-refractivity contribution in [3.05, 3.63) is 69.5 Å². The Bertz CT molecular complexity index is 1670. The number of fused-ring (bicyclic) bond motifs is 2. The molecule has 280 valence electrons. The number of anilines is 1. The van der Waals surface area contributed by atoms with Crippen LogP contribution in [0.2, 0.25) is 5.02 Å². The normalized spacial score (nSPS) is 24.6.